The summed E-state index contributed by atoms with van der Waals surface area (Å²) in [6, 6.07) is 14.6. The second-order valence-electron chi connectivity index (χ2n) is 5.71. The van der Waals surface area contributed by atoms with Gasteiger partial charge in [0.2, 0.25) is 0 Å². The van der Waals surface area contributed by atoms with E-state index in [4.69, 9.17) is 11.6 Å². The summed E-state index contributed by atoms with van der Waals surface area (Å²) in [4.78, 5) is 12.4. The van der Waals surface area contributed by atoms with Crippen LogP contribution in [0.5, 0.6) is 0 Å². The Labute approximate surface area is 144 Å². The number of fused-ring (bicyclic) bond motifs is 1. The molecule has 0 atom stereocenters. The van der Waals surface area contributed by atoms with Crippen molar-refractivity contribution in [1.82, 2.24) is 14.8 Å². The summed E-state index contributed by atoms with van der Waals surface area (Å²) in [6.07, 6.45) is 2.07. The number of aromatic nitrogens is 3. The first-order chi connectivity index (χ1) is 11.7. The molecule has 4 rings (SSSR count). The number of carbonyl (C=O) groups excluding carboxylic acids is 1. The Balaban J connectivity index is 1.61. The van der Waals surface area contributed by atoms with Crippen molar-refractivity contribution in [2.75, 3.05) is 5.32 Å². The van der Waals surface area contributed by atoms with Gasteiger partial charge in [-0.3, -0.25) is 4.79 Å². The number of carbonyl (C=O) groups is 1. The maximum atomic E-state index is 12.4. The molecule has 0 spiro atoms. The quantitative estimate of drug-likeness (QED) is 0.790. The van der Waals surface area contributed by atoms with Crippen molar-refractivity contribution in [2.24, 2.45) is 0 Å². The van der Waals surface area contributed by atoms with Gasteiger partial charge in [0.05, 0.1) is 10.6 Å². The molecule has 1 amide bonds. The topological polar surface area (TPSA) is 59.8 Å². The third-order valence-corrected chi connectivity index (χ3v) is 4.44. The zero-order chi connectivity index (χ0) is 16.5. The summed E-state index contributed by atoms with van der Waals surface area (Å²) in [7, 11) is 0. The molecule has 1 aliphatic heterocycles. The third kappa shape index (κ3) is 2.67. The van der Waals surface area contributed by atoms with Crippen LogP contribution in [0.15, 0.2) is 48.5 Å². The van der Waals surface area contributed by atoms with Gasteiger partial charge >= 0.3 is 0 Å². The normalized spacial score (nSPS) is 12.9. The lowest BCUT2D eigenvalue weighted by Crippen LogP contribution is -2.12. The van der Waals surface area contributed by atoms with Gasteiger partial charge in [0.1, 0.15) is 5.82 Å². The van der Waals surface area contributed by atoms with E-state index in [2.05, 4.69) is 20.1 Å². The Kier molecular flexibility index (Phi) is 3.78. The zero-order valence-electron chi connectivity index (χ0n) is 12.9. The number of aryl methyl sites for hydroxylation is 1. The predicted octanol–water partition coefficient (Wildman–Crippen LogP) is 3.80. The molecule has 2 heterocycles. The van der Waals surface area contributed by atoms with Crippen molar-refractivity contribution in [3.05, 3.63) is 64.9 Å². The molecule has 2 aromatic carbocycles. The highest BCUT2D eigenvalue weighted by molar-refractivity contribution is 6.34. The molecule has 6 heteroatoms. The summed E-state index contributed by atoms with van der Waals surface area (Å²) in [6.45, 7) is 0.938. The van der Waals surface area contributed by atoms with Crippen LogP contribution >= 0.6 is 11.6 Å². The number of nitrogens with one attached hydrogen (secondary N) is 1. The van der Waals surface area contributed by atoms with Gasteiger partial charge in [-0.15, -0.1) is 10.2 Å². The number of hydrogen-bond donors (Lipinski definition) is 1. The first kappa shape index (κ1) is 14.9. The molecule has 5 nitrogen and oxygen atoms in total. The molecule has 120 valence electrons. The number of amides is 1. The Morgan fingerprint density at radius 3 is 2.88 bits per heavy atom. The second-order valence-corrected chi connectivity index (χ2v) is 6.12. The summed E-state index contributed by atoms with van der Waals surface area (Å²) >= 11 is 6.08. The summed E-state index contributed by atoms with van der Waals surface area (Å²) in [5, 5.41) is 11.8. The van der Waals surface area contributed by atoms with Crippen molar-refractivity contribution in [3.8, 4) is 11.4 Å². The van der Waals surface area contributed by atoms with Crippen LogP contribution in [-0.2, 0) is 13.0 Å². The molecule has 0 saturated heterocycles. The van der Waals surface area contributed by atoms with Crippen LogP contribution in [0, 0.1) is 0 Å². The van der Waals surface area contributed by atoms with Gasteiger partial charge in [-0.2, -0.15) is 0 Å². The fraction of sp³-hybridized carbons (Fsp3) is 0.167. The van der Waals surface area contributed by atoms with Crippen molar-refractivity contribution in [1.29, 1.82) is 0 Å². The number of nitrogens with zero attached hydrogens (tertiary/aromatic N) is 3. The minimum absolute atomic E-state index is 0.232. The first-order valence-electron chi connectivity index (χ1n) is 7.81. The lowest BCUT2D eigenvalue weighted by molar-refractivity contribution is 0.102. The molecular formula is C18H15ClN4O. The smallest absolute Gasteiger partial charge is 0.257 e. The zero-order valence-corrected chi connectivity index (χ0v) is 13.6. The summed E-state index contributed by atoms with van der Waals surface area (Å²) in [5.41, 5.74) is 2.09. The Bertz CT molecular complexity index is 919. The maximum absolute atomic E-state index is 12.4. The minimum atomic E-state index is -0.232. The molecule has 0 radical (unpaired) electrons. The molecule has 0 unspecified atom stereocenters. The highest BCUT2D eigenvalue weighted by atomic mass is 35.5. The average Bonchev–Trinajstić information content (AvgIpc) is 3.18. The van der Waals surface area contributed by atoms with E-state index >= 15 is 0 Å². The van der Waals surface area contributed by atoms with Crippen molar-refractivity contribution >= 4 is 23.2 Å². The van der Waals surface area contributed by atoms with E-state index in [0.717, 1.165) is 36.6 Å². The number of halogens is 1. The Morgan fingerprint density at radius 1 is 1.12 bits per heavy atom. The van der Waals surface area contributed by atoms with Gasteiger partial charge in [-0.25, -0.2) is 0 Å². The molecule has 0 saturated carbocycles. The minimum Gasteiger partial charge on any atom is -0.322 e. The number of anilines is 1. The molecule has 3 aromatic rings. The molecular weight excluding hydrogens is 324 g/mol. The number of benzene rings is 2. The molecule has 0 fully saturated rings. The van der Waals surface area contributed by atoms with E-state index in [-0.39, 0.29) is 5.91 Å². The SMILES string of the molecule is O=C(Nc1cccc(-c2nnc3n2CCC3)c1)c1ccccc1Cl. The van der Waals surface area contributed by atoms with Crippen LogP contribution in [0.4, 0.5) is 5.69 Å². The molecule has 24 heavy (non-hydrogen) atoms. The van der Waals surface area contributed by atoms with Crippen molar-refractivity contribution in [2.45, 2.75) is 19.4 Å². The summed E-state index contributed by atoms with van der Waals surface area (Å²) < 4.78 is 2.13. The highest BCUT2D eigenvalue weighted by Gasteiger charge is 2.18. The van der Waals surface area contributed by atoms with Gasteiger partial charge in [-0.1, -0.05) is 35.9 Å². The fourth-order valence-corrected chi connectivity index (χ4v) is 3.17. The Hall–Kier alpha value is -2.66. The van der Waals surface area contributed by atoms with E-state index in [1.54, 1.807) is 24.3 Å². The summed E-state index contributed by atoms with van der Waals surface area (Å²) in [5.74, 6) is 1.64. The molecule has 0 aliphatic carbocycles. The standard InChI is InChI=1S/C18H15ClN4O/c19-15-8-2-1-7-14(15)18(24)20-13-6-3-5-12(11-13)17-22-21-16-9-4-10-23(16)17/h1-3,5-8,11H,4,9-10H2,(H,20,24). The van der Waals surface area contributed by atoms with Crippen LogP contribution in [0.1, 0.15) is 22.6 Å². The van der Waals surface area contributed by atoms with Crippen LogP contribution in [-0.4, -0.2) is 20.7 Å². The maximum Gasteiger partial charge on any atom is 0.257 e. The second kappa shape index (κ2) is 6.09. The van der Waals surface area contributed by atoms with E-state index in [9.17, 15) is 4.79 Å². The van der Waals surface area contributed by atoms with Crippen LogP contribution in [0.3, 0.4) is 0 Å². The van der Waals surface area contributed by atoms with Gasteiger partial charge < -0.3 is 9.88 Å². The molecule has 1 N–H and O–H groups in total. The lowest BCUT2D eigenvalue weighted by Gasteiger charge is -2.09. The van der Waals surface area contributed by atoms with E-state index in [1.807, 2.05) is 24.3 Å². The van der Waals surface area contributed by atoms with Crippen molar-refractivity contribution < 1.29 is 4.79 Å². The first-order valence-corrected chi connectivity index (χ1v) is 8.18. The van der Waals surface area contributed by atoms with Crippen LogP contribution < -0.4 is 5.32 Å². The van der Waals surface area contributed by atoms with Gasteiger partial charge in [0.15, 0.2) is 5.82 Å². The van der Waals surface area contributed by atoms with Crippen LogP contribution in [0.25, 0.3) is 11.4 Å². The Morgan fingerprint density at radius 2 is 2.00 bits per heavy atom. The largest absolute Gasteiger partial charge is 0.322 e. The monoisotopic (exact) mass is 338 g/mol. The van der Waals surface area contributed by atoms with Crippen molar-refractivity contribution in [3.63, 3.8) is 0 Å². The number of hydrogen-bond acceptors (Lipinski definition) is 3. The van der Waals surface area contributed by atoms with Gasteiger partial charge in [-0.05, 0) is 30.7 Å². The van der Waals surface area contributed by atoms with Crippen LogP contribution in [0.2, 0.25) is 5.02 Å². The van der Waals surface area contributed by atoms with E-state index < -0.39 is 0 Å². The number of rotatable bonds is 3. The molecule has 0 bridgehead atoms. The average molecular weight is 339 g/mol. The highest BCUT2D eigenvalue weighted by Crippen LogP contribution is 2.26. The lowest BCUT2D eigenvalue weighted by atomic mass is 10.1. The van der Waals surface area contributed by atoms with Gasteiger partial charge in [0, 0.05) is 24.2 Å². The third-order valence-electron chi connectivity index (χ3n) is 4.11. The fourth-order valence-electron chi connectivity index (χ4n) is 2.94. The predicted molar refractivity (Wildman–Crippen MR) is 93.2 cm³/mol. The van der Waals surface area contributed by atoms with E-state index in [1.165, 1.54) is 0 Å². The molecule has 1 aromatic heterocycles. The van der Waals surface area contributed by atoms with E-state index in [0.29, 0.717) is 16.3 Å². The molecule has 1 aliphatic rings. The van der Waals surface area contributed by atoms with Gasteiger partial charge in [0.25, 0.3) is 5.91 Å².